The Labute approximate surface area is 306 Å². The van der Waals surface area contributed by atoms with Crippen molar-refractivity contribution in [2.24, 2.45) is 5.92 Å². The summed E-state index contributed by atoms with van der Waals surface area (Å²) in [6.07, 6.45) is 30.7. The van der Waals surface area contributed by atoms with Gasteiger partial charge in [0.2, 0.25) is 0 Å². The number of esters is 2. The summed E-state index contributed by atoms with van der Waals surface area (Å²) >= 11 is 0. The zero-order chi connectivity index (χ0) is 36.8. The number of hydrogen-bond acceptors (Lipinski definition) is 10. The smallest absolute Gasteiger partial charge is 0.309 e. The van der Waals surface area contributed by atoms with Crippen molar-refractivity contribution in [1.29, 1.82) is 0 Å². The van der Waals surface area contributed by atoms with E-state index in [1.807, 2.05) is 4.90 Å². The van der Waals surface area contributed by atoms with Crippen molar-refractivity contribution in [3.05, 3.63) is 12.2 Å². The first kappa shape index (κ1) is 48.4. The molecule has 0 radical (unpaired) electrons. The molecule has 0 fully saturated rings. The van der Waals surface area contributed by atoms with Gasteiger partial charge < -0.3 is 29.9 Å². The molecule has 0 bridgehead atoms. The van der Waals surface area contributed by atoms with E-state index in [4.69, 9.17) is 19.7 Å². The van der Waals surface area contributed by atoms with Crippen molar-refractivity contribution in [2.75, 3.05) is 78.9 Å². The molecule has 0 aromatic carbocycles. The third kappa shape index (κ3) is 32.4. The molecule has 0 amide bonds. The summed E-state index contributed by atoms with van der Waals surface area (Å²) in [4.78, 5) is 29.2. The lowest BCUT2D eigenvalue weighted by Gasteiger charge is -2.21. The number of nitrogens with zero attached hydrogens (tertiary/aromatic N) is 2. The Balaban J connectivity index is 4.22. The highest BCUT2D eigenvalue weighted by Gasteiger charge is 2.24. The maximum atomic E-state index is 13.0. The summed E-state index contributed by atoms with van der Waals surface area (Å²) in [5.74, 6) is -1.48. The van der Waals surface area contributed by atoms with Gasteiger partial charge in [0.25, 0.3) is 0 Å². The van der Waals surface area contributed by atoms with Crippen LogP contribution in [0.2, 0.25) is 0 Å². The number of ether oxygens (including phenoxy) is 2. The van der Waals surface area contributed by atoms with Crippen LogP contribution < -0.4 is 0 Å². The third-order valence-corrected chi connectivity index (χ3v) is 9.30. The Kier molecular flexibility index (Phi) is 37.5. The Morgan fingerprint density at radius 1 is 0.520 bits per heavy atom. The molecule has 0 aromatic heterocycles. The maximum Gasteiger partial charge on any atom is 0.309 e. The van der Waals surface area contributed by atoms with Gasteiger partial charge in [0.1, 0.15) is 13.2 Å². The van der Waals surface area contributed by atoms with Crippen molar-refractivity contribution in [3.63, 3.8) is 0 Å². The highest BCUT2D eigenvalue weighted by Crippen LogP contribution is 2.19. The summed E-state index contributed by atoms with van der Waals surface area (Å²) in [5.41, 5.74) is 0. The lowest BCUT2D eigenvalue weighted by molar-refractivity contribution is -0.156. The van der Waals surface area contributed by atoms with E-state index in [9.17, 15) is 19.8 Å². The first-order valence-corrected chi connectivity index (χ1v) is 20.4. The Bertz CT molecular complexity index is 758. The number of carbonyl (C=O) groups excluding carboxylic acids is 2. The zero-order valence-electron chi connectivity index (χ0n) is 32.1. The second-order valence-electron chi connectivity index (χ2n) is 13.7. The number of rotatable bonds is 39. The number of hydrogen-bond donors (Lipinski definition) is 4. The van der Waals surface area contributed by atoms with Crippen LogP contribution in [-0.4, -0.2) is 121 Å². The van der Waals surface area contributed by atoms with E-state index in [0.717, 1.165) is 32.1 Å². The SMILES string of the molecule is CCCCCCCCCCCCCC/C=C/CCCCCCCCC(CC(=O)OCCN(CCO)CCO)C(=O)OCCN(CCO)CCO. The van der Waals surface area contributed by atoms with Gasteiger partial charge in [0.15, 0.2) is 0 Å². The summed E-state index contributed by atoms with van der Waals surface area (Å²) in [7, 11) is 0. The molecule has 296 valence electrons. The van der Waals surface area contributed by atoms with Crippen LogP contribution in [0.3, 0.4) is 0 Å². The highest BCUT2D eigenvalue weighted by atomic mass is 16.5. The van der Waals surface area contributed by atoms with Gasteiger partial charge in [-0.05, 0) is 32.1 Å². The number of unbranched alkanes of at least 4 members (excludes halogenated alkanes) is 18. The van der Waals surface area contributed by atoms with E-state index in [0.29, 0.717) is 45.7 Å². The average molecular weight is 715 g/mol. The molecule has 0 spiro atoms. The summed E-state index contributed by atoms with van der Waals surface area (Å²) in [6, 6.07) is 0. The van der Waals surface area contributed by atoms with Crippen LogP contribution in [0.5, 0.6) is 0 Å². The van der Waals surface area contributed by atoms with E-state index < -0.39 is 17.9 Å². The zero-order valence-corrected chi connectivity index (χ0v) is 32.1. The van der Waals surface area contributed by atoms with Crippen molar-refractivity contribution >= 4 is 11.9 Å². The van der Waals surface area contributed by atoms with Gasteiger partial charge in [0.05, 0.1) is 38.8 Å². The maximum absolute atomic E-state index is 13.0. The van der Waals surface area contributed by atoms with Crippen LogP contribution >= 0.6 is 0 Å². The monoisotopic (exact) mass is 715 g/mol. The Hall–Kier alpha value is -1.56. The Morgan fingerprint density at radius 3 is 1.32 bits per heavy atom. The topological polar surface area (TPSA) is 140 Å². The number of aliphatic hydroxyl groups is 4. The standard InChI is InChI=1S/C40H78N2O8/c1-2-3-4-5-6-7-8-9-10-11-12-13-14-15-16-17-18-19-20-21-22-23-24-38(40(48)50-36-30-42(27-33-45)28-34-46)37-39(47)49-35-29-41(25-31-43)26-32-44/h15-16,38,43-46H,2-14,17-37H2,1H3/b16-15+. The van der Waals surface area contributed by atoms with Crippen molar-refractivity contribution in [3.8, 4) is 0 Å². The van der Waals surface area contributed by atoms with Crippen LogP contribution in [0.15, 0.2) is 12.2 Å². The van der Waals surface area contributed by atoms with Crippen molar-refractivity contribution in [2.45, 2.75) is 148 Å². The van der Waals surface area contributed by atoms with Gasteiger partial charge in [-0.1, -0.05) is 122 Å². The third-order valence-electron chi connectivity index (χ3n) is 9.30. The first-order valence-electron chi connectivity index (χ1n) is 20.4. The van der Waals surface area contributed by atoms with E-state index in [-0.39, 0.29) is 46.1 Å². The minimum absolute atomic E-state index is 0.0490. The minimum Gasteiger partial charge on any atom is -0.464 e. The molecule has 0 saturated heterocycles. The summed E-state index contributed by atoms with van der Waals surface area (Å²) < 4.78 is 10.9. The predicted molar refractivity (Wildman–Crippen MR) is 203 cm³/mol. The molecule has 0 heterocycles. The number of allylic oxidation sites excluding steroid dienone is 2. The fraction of sp³-hybridized carbons (Fsp3) is 0.900. The average Bonchev–Trinajstić information content (AvgIpc) is 3.10. The molecule has 10 heteroatoms. The van der Waals surface area contributed by atoms with Crippen LogP contribution in [0.4, 0.5) is 0 Å². The Morgan fingerprint density at radius 2 is 0.900 bits per heavy atom. The molecule has 0 saturated carbocycles. The summed E-state index contributed by atoms with van der Waals surface area (Å²) in [5, 5.41) is 36.8. The van der Waals surface area contributed by atoms with E-state index in [2.05, 4.69) is 19.1 Å². The molecule has 10 nitrogen and oxygen atoms in total. The van der Waals surface area contributed by atoms with Crippen LogP contribution in [0.25, 0.3) is 0 Å². The van der Waals surface area contributed by atoms with Gasteiger partial charge >= 0.3 is 11.9 Å². The minimum atomic E-state index is -0.590. The van der Waals surface area contributed by atoms with E-state index in [1.54, 1.807) is 4.90 Å². The van der Waals surface area contributed by atoms with Crippen LogP contribution in [0.1, 0.15) is 148 Å². The molecule has 1 atom stereocenters. The fourth-order valence-electron chi connectivity index (χ4n) is 6.18. The largest absolute Gasteiger partial charge is 0.464 e. The van der Waals surface area contributed by atoms with Gasteiger partial charge in [-0.3, -0.25) is 19.4 Å². The van der Waals surface area contributed by atoms with E-state index >= 15 is 0 Å². The lowest BCUT2D eigenvalue weighted by atomic mass is 9.97. The molecule has 1 unspecified atom stereocenters. The van der Waals surface area contributed by atoms with E-state index in [1.165, 1.54) is 96.3 Å². The molecule has 0 aliphatic rings. The second kappa shape index (κ2) is 38.7. The van der Waals surface area contributed by atoms with Gasteiger partial charge in [-0.2, -0.15) is 0 Å². The molecule has 50 heavy (non-hydrogen) atoms. The molecule has 4 N–H and O–H groups in total. The van der Waals surface area contributed by atoms with Crippen molar-refractivity contribution < 1.29 is 39.5 Å². The number of aliphatic hydroxyl groups excluding tert-OH is 4. The number of carbonyl (C=O) groups is 2. The molecule has 0 rings (SSSR count). The molecular weight excluding hydrogens is 636 g/mol. The quantitative estimate of drug-likeness (QED) is 0.0321. The fourth-order valence-corrected chi connectivity index (χ4v) is 6.18. The van der Waals surface area contributed by atoms with Crippen molar-refractivity contribution in [1.82, 2.24) is 9.80 Å². The van der Waals surface area contributed by atoms with Gasteiger partial charge in [0, 0.05) is 39.3 Å². The molecular formula is C40H78N2O8. The summed E-state index contributed by atoms with van der Waals surface area (Å²) in [6.45, 7) is 4.63. The first-order chi connectivity index (χ1) is 24.5. The highest BCUT2D eigenvalue weighted by molar-refractivity contribution is 5.79. The molecule has 0 aromatic rings. The van der Waals surface area contributed by atoms with Crippen LogP contribution in [0, 0.1) is 5.92 Å². The lowest BCUT2D eigenvalue weighted by Crippen LogP contribution is -2.34. The second-order valence-corrected chi connectivity index (χ2v) is 13.7. The van der Waals surface area contributed by atoms with Gasteiger partial charge in [-0.25, -0.2) is 0 Å². The normalized spacial score (nSPS) is 12.4. The van der Waals surface area contributed by atoms with Gasteiger partial charge in [-0.15, -0.1) is 0 Å². The molecule has 0 aliphatic carbocycles. The van der Waals surface area contributed by atoms with Crippen LogP contribution in [-0.2, 0) is 19.1 Å². The molecule has 0 aliphatic heterocycles. The predicted octanol–water partition coefficient (Wildman–Crippen LogP) is 6.42.